The van der Waals surface area contributed by atoms with Crippen LogP contribution >= 0.6 is 12.2 Å². The van der Waals surface area contributed by atoms with E-state index in [0.717, 1.165) is 5.56 Å². The molecule has 2 N–H and O–H groups in total. The maximum Gasteiger partial charge on any atom is 0.156 e. The van der Waals surface area contributed by atoms with E-state index in [2.05, 4.69) is 15.3 Å². The van der Waals surface area contributed by atoms with Crippen LogP contribution in [0, 0.1) is 4.64 Å². The van der Waals surface area contributed by atoms with Crippen LogP contribution in [0.1, 0.15) is 15.9 Å². The van der Waals surface area contributed by atoms with Crippen LogP contribution in [0.25, 0.3) is 0 Å². The molecule has 0 fully saturated rings. The van der Waals surface area contributed by atoms with Gasteiger partial charge in [0.05, 0.1) is 11.9 Å². The van der Waals surface area contributed by atoms with Crippen LogP contribution < -0.4 is 5.32 Å². The SMILES string of the molecule is O=Cc1c(NCc2ccccc2)[nH]cnc1=S. The van der Waals surface area contributed by atoms with E-state index in [4.69, 9.17) is 12.2 Å². The second kappa shape index (κ2) is 5.36. The highest BCUT2D eigenvalue weighted by atomic mass is 32.1. The Balaban J connectivity index is 2.17. The first-order valence-electron chi connectivity index (χ1n) is 5.12. The maximum atomic E-state index is 10.9. The lowest BCUT2D eigenvalue weighted by Crippen LogP contribution is -2.05. The van der Waals surface area contributed by atoms with Crippen molar-refractivity contribution in [3.63, 3.8) is 0 Å². The number of carbonyl (C=O) groups excluding carboxylic acids is 1. The highest BCUT2D eigenvalue weighted by Gasteiger charge is 2.03. The number of hydrogen-bond donors (Lipinski definition) is 2. The molecule has 2 rings (SSSR count). The Hall–Kier alpha value is -2.01. The Morgan fingerprint density at radius 2 is 2.12 bits per heavy atom. The van der Waals surface area contributed by atoms with Crippen molar-refractivity contribution >= 4 is 24.3 Å². The van der Waals surface area contributed by atoms with Crippen LogP contribution in [-0.2, 0) is 6.54 Å². The van der Waals surface area contributed by atoms with Gasteiger partial charge in [-0.05, 0) is 5.56 Å². The van der Waals surface area contributed by atoms with E-state index in [0.29, 0.717) is 28.9 Å². The van der Waals surface area contributed by atoms with Crippen molar-refractivity contribution in [1.82, 2.24) is 9.97 Å². The Morgan fingerprint density at radius 3 is 2.82 bits per heavy atom. The molecule has 17 heavy (non-hydrogen) atoms. The van der Waals surface area contributed by atoms with Crippen LogP contribution in [0.2, 0.25) is 0 Å². The summed E-state index contributed by atoms with van der Waals surface area (Å²) >= 11 is 4.97. The number of anilines is 1. The molecule has 1 aromatic carbocycles. The first kappa shape index (κ1) is 11.5. The second-order valence-corrected chi connectivity index (χ2v) is 3.84. The number of benzene rings is 1. The zero-order chi connectivity index (χ0) is 12.1. The molecule has 0 bridgehead atoms. The molecule has 0 atom stereocenters. The second-order valence-electron chi connectivity index (χ2n) is 3.45. The smallest absolute Gasteiger partial charge is 0.156 e. The van der Waals surface area contributed by atoms with Crippen molar-refractivity contribution in [1.29, 1.82) is 0 Å². The third-order valence-electron chi connectivity index (χ3n) is 2.32. The average molecular weight is 245 g/mol. The predicted octanol–water partition coefficient (Wildman–Crippen LogP) is 2.56. The standard InChI is InChI=1S/C12H11N3OS/c16-7-10-11(14-8-15-12(10)17)13-6-9-4-2-1-3-5-9/h1-5,7-8H,6H2,(H2,13,14,15,17). The first-order valence-corrected chi connectivity index (χ1v) is 5.53. The van der Waals surface area contributed by atoms with Crippen LogP contribution in [0.4, 0.5) is 5.82 Å². The number of nitrogens with one attached hydrogen (secondary N) is 2. The molecule has 1 heterocycles. The van der Waals surface area contributed by atoms with E-state index >= 15 is 0 Å². The van der Waals surface area contributed by atoms with Crippen molar-refractivity contribution in [2.75, 3.05) is 5.32 Å². The molecule has 0 saturated heterocycles. The Labute approximate surface area is 104 Å². The van der Waals surface area contributed by atoms with E-state index in [1.165, 1.54) is 6.33 Å². The predicted molar refractivity (Wildman–Crippen MR) is 68.6 cm³/mol. The van der Waals surface area contributed by atoms with Gasteiger partial charge >= 0.3 is 0 Å². The molecule has 2 aromatic rings. The lowest BCUT2D eigenvalue weighted by atomic mass is 10.2. The minimum absolute atomic E-state index is 0.300. The maximum absolute atomic E-state index is 10.9. The lowest BCUT2D eigenvalue weighted by Gasteiger charge is -2.08. The average Bonchev–Trinajstić information content (AvgIpc) is 2.37. The molecule has 0 aliphatic heterocycles. The highest BCUT2D eigenvalue weighted by Crippen LogP contribution is 2.11. The Morgan fingerprint density at radius 1 is 1.35 bits per heavy atom. The number of aldehydes is 1. The van der Waals surface area contributed by atoms with E-state index in [-0.39, 0.29) is 0 Å². The number of nitrogens with zero attached hydrogens (tertiary/aromatic N) is 1. The van der Waals surface area contributed by atoms with E-state index in [1.54, 1.807) is 0 Å². The fourth-order valence-corrected chi connectivity index (χ4v) is 1.65. The normalized spacial score (nSPS) is 9.88. The zero-order valence-electron chi connectivity index (χ0n) is 9.01. The molecule has 0 radical (unpaired) electrons. The van der Waals surface area contributed by atoms with Gasteiger partial charge in [-0.1, -0.05) is 42.5 Å². The number of aromatic amines is 1. The van der Waals surface area contributed by atoms with Gasteiger partial charge in [0.25, 0.3) is 0 Å². The third kappa shape index (κ3) is 2.76. The molecule has 1 aromatic heterocycles. The zero-order valence-corrected chi connectivity index (χ0v) is 9.83. The lowest BCUT2D eigenvalue weighted by molar-refractivity contribution is 0.112. The molecule has 0 aliphatic rings. The van der Waals surface area contributed by atoms with Crippen LogP contribution in [-0.4, -0.2) is 16.3 Å². The van der Waals surface area contributed by atoms with Gasteiger partial charge in [-0.15, -0.1) is 0 Å². The summed E-state index contributed by atoms with van der Waals surface area (Å²) in [4.78, 5) is 17.6. The number of hydrogen-bond acceptors (Lipinski definition) is 4. The van der Waals surface area contributed by atoms with Crippen molar-refractivity contribution in [3.05, 3.63) is 52.4 Å². The van der Waals surface area contributed by atoms with E-state index < -0.39 is 0 Å². The molecule has 0 unspecified atom stereocenters. The van der Waals surface area contributed by atoms with Gasteiger partial charge < -0.3 is 10.3 Å². The largest absolute Gasteiger partial charge is 0.367 e. The first-order chi connectivity index (χ1) is 8.31. The quantitative estimate of drug-likeness (QED) is 0.642. The summed E-state index contributed by atoms with van der Waals surface area (Å²) in [6.07, 6.45) is 2.18. The molecule has 0 spiro atoms. The molecule has 4 nitrogen and oxygen atoms in total. The summed E-state index contributed by atoms with van der Waals surface area (Å²) in [6.45, 7) is 0.622. The van der Waals surface area contributed by atoms with Crippen molar-refractivity contribution < 1.29 is 4.79 Å². The summed E-state index contributed by atoms with van der Waals surface area (Å²) in [6, 6.07) is 9.89. The molecule has 0 aliphatic carbocycles. The molecular weight excluding hydrogens is 234 g/mol. The number of aromatic nitrogens is 2. The van der Waals surface area contributed by atoms with Gasteiger partial charge in [-0.25, -0.2) is 4.98 Å². The summed E-state index contributed by atoms with van der Waals surface area (Å²) < 4.78 is 0.300. The molecule has 0 amide bonds. The topological polar surface area (TPSA) is 57.8 Å². The van der Waals surface area contributed by atoms with Gasteiger partial charge in [-0.2, -0.15) is 0 Å². The fourth-order valence-electron chi connectivity index (χ4n) is 1.45. The van der Waals surface area contributed by atoms with Gasteiger partial charge in [0, 0.05) is 6.54 Å². The summed E-state index contributed by atoms with van der Waals surface area (Å²) in [5.74, 6) is 0.601. The number of H-pyrrole nitrogens is 1. The van der Waals surface area contributed by atoms with E-state index in [1.807, 2.05) is 30.3 Å². The van der Waals surface area contributed by atoms with Crippen LogP contribution in [0.3, 0.4) is 0 Å². The minimum Gasteiger partial charge on any atom is -0.367 e. The Bertz CT molecular complexity index is 565. The fraction of sp³-hybridized carbons (Fsp3) is 0.0833. The molecule has 5 heteroatoms. The monoisotopic (exact) mass is 245 g/mol. The van der Waals surface area contributed by atoms with Crippen molar-refractivity contribution in [2.24, 2.45) is 0 Å². The Kier molecular flexibility index (Phi) is 3.62. The summed E-state index contributed by atoms with van der Waals surface area (Å²) in [5, 5.41) is 3.13. The van der Waals surface area contributed by atoms with Gasteiger partial charge in [0.15, 0.2) is 6.29 Å². The number of rotatable bonds is 4. The van der Waals surface area contributed by atoms with Gasteiger partial charge in [0.1, 0.15) is 10.5 Å². The van der Waals surface area contributed by atoms with Gasteiger partial charge in [0.2, 0.25) is 0 Å². The molecule has 86 valence electrons. The van der Waals surface area contributed by atoms with Crippen molar-refractivity contribution in [2.45, 2.75) is 6.54 Å². The van der Waals surface area contributed by atoms with Crippen LogP contribution in [0.15, 0.2) is 36.7 Å². The van der Waals surface area contributed by atoms with Gasteiger partial charge in [-0.3, -0.25) is 4.79 Å². The minimum atomic E-state index is 0.300. The molecular formula is C12H11N3OS. The third-order valence-corrected chi connectivity index (χ3v) is 2.65. The van der Waals surface area contributed by atoms with Crippen LogP contribution in [0.5, 0.6) is 0 Å². The summed E-state index contributed by atoms with van der Waals surface area (Å²) in [5.41, 5.74) is 1.51. The van der Waals surface area contributed by atoms with E-state index in [9.17, 15) is 4.79 Å². The molecule has 0 saturated carbocycles. The number of carbonyl (C=O) groups is 1. The highest BCUT2D eigenvalue weighted by molar-refractivity contribution is 7.71. The van der Waals surface area contributed by atoms with Crippen molar-refractivity contribution in [3.8, 4) is 0 Å². The summed E-state index contributed by atoms with van der Waals surface area (Å²) in [7, 11) is 0.